The maximum Gasteiger partial charge on any atom is 0.303 e. The molecule has 6 nitrogen and oxygen atoms in total. The molecule has 0 aliphatic carbocycles. The van der Waals surface area contributed by atoms with Crippen molar-refractivity contribution >= 4 is 28.5 Å². The number of nitrogens with zero attached hydrogens (tertiary/aromatic N) is 2. The number of likely N-dealkylation sites (tertiary alicyclic amines) is 1. The van der Waals surface area contributed by atoms with E-state index in [1.54, 1.807) is 19.4 Å². The van der Waals surface area contributed by atoms with Gasteiger partial charge in [-0.05, 0) is 92.1 Å². The summed E-state index contributed by atoms with van der Waals surface area (Å²) in [5, 5.41) is 21.6. The molecule has 1 aromatic heterocycles. The summed E-state index contributed by atoms with van der Waals surface area (Å²) in [5.74, 6) is 6.05. The van der Waals surface area contributed by atoms with Crippen molar-refractivity contribution < 1.29 is 24.1 Å². The van der Waals surface area contributed by atoms with Crippen molar-refractivity contribution in [3.05, 3.63) is 70.6 Å². The topological polar surface area (TPSA) is 82.9 Å². The number of hydrogen-bond acceptors (Lipinski definition) is 5. The number of aliphatic hydroxyl groups is 1. The third kappa shape index (κ3) is 7.44. The quantitative estimate of drug-likeness (QED) is 0.340. The molecule has 2 N–H and O–H groups in total. The van der Waals surface area contributed by atoms with Crippen LogP contribution in [0, 0.1) is 29.5 Å². The zero-order valence-corrected chi connectivity index (χ0v) is 22.1. The van der Waals surface area contributed by atoms with Crippen LogP contribution in [0.1, 0.15) is 49.3 Å². The van der Waals surface area contributed by atoms with E-state index < -0.39 is 17.9 Å². The predicted octanol–water partition coefficient (Wildman–Crippen LogP) is 5.70. The maximum absolute atomic E-state index is 13.6. The molecule has 1 unspecified atom stereocenters. The second-order valence-corrected chi connectivity index (χ2v) is 10.2. The van der Waals surface area contributed by atoms with E-state index in [1.807, 2.05) is 24.3 Å². The van der Waals surface area contributed by atoms with E-state index in [0.29, 0.717) is 41.6 Å². The van der Waals surface area contributed by atoms with Crippen molar-refractivity contribution in [1.29, 1.82) is 0 Å². The monoisotopic (exact) mass is 538 g/mol. The van der Waals surface area contributed by atoms with Gasteiger partial charge in [0.15, 0.2) is 0 Å². The third-order valence-electron chi connectivity index (χ3n) is 7.25. The fourth-order valence-corrected chi connectivity index (χ4v) is 5.51. The number of halogens is 2. The smallest absolute Gasteiger partial charge is 0.303 e. The van der Waals surface area contributed by atoms with E-state index in [0.717, 1.165) is 42.4 Å². The molecule has 38 heavy (non-hydrogen) atoms. The second kappa shape index (κ2) is 13.1. The van der Waals surface area contributed by atoms with E-state index in [9.17, 15) is 19.4 Å². The number of fused-ring (bicyclic) bond motifs is 1. The lowest BCUT2D eigenvalue weighted by Crippen LogP contribution is -2.41. The van der Waals surface area contributed by atoms with Gasteiger partial charge in [-0.3, -0.25) is 14.7 Å². The van der Waals surface area contributed by atoms with Crippen LogP contribution < -0.4 is 4.74 Å². The molecule has 0 amide bonds. The Bertz CT molecular complexity index is 1320. The Morgan fingerprint density at radius 1 is 1.24 bits per heavy atom. The highest BCUT2D eigenvalue weighted by Crippen LogP contribution is 2.35. The molecule has 2 aromatic carbocycles. The van der Waals surface area contributed by atoms with E-state index in [4.69, 9.17) is 16.3 Å². The highest BCUT2D eigenvalue weighted by Gasteiger charge is 2.30. The molecule has 8 heteroatoms. The van der Waals surface area contributed by atoms with E-state index >= 15 is 0 Å². The number of benzene rings is 2. The van der Waals surface area contributed by atoms with Gasteiger partial charge >= 0.3 is 5.97 Å². The van der Waals surface area contributed by atoms with Crippen LogP contribution in [0.25, 0.3) is 10.9 Å². The first-order valence-electron chi connectivity index (χ1n) is 12.8. The van der Waals surface area contributed by atoms with Crippen LogP contribution in [0.3, 0.4) is 0 Å². The lowest BCUT2D eigenvalue weighted by Gasteiger charge is -2.38. The average Bonchev–Trinajstić information content (AvgIpc) is 2.89. The number of carbonyl (C=O) groups is 1. The molecule has 3 aromatic rings. The predicted molar refractivity (Wildman–Crippen MR) is 146 cm³/mol. The minimum absolute atomic E-state index is 0.111. The summed E-state index contributed by atoms with van der Waals surface area (Å²) in [7, 11) is 1.61. The molecule has 0 saturated carbocycles. The number of piperidine rings is 1. The van der Waals surface area contributed by atoms with Gasteiger partial charge in [-0.25, -0.2) is 4.39 Å². The number of rotatable bonds is 9. The molecule has 1 aliphatic heterocycles. The highest BCUT2D eigenvalue weighted by molar-refractivity contribution is 6.30. The summed E-state index contributed by atoms with van der Waals surface area (Å²) in [6, 6.07) is 11.7. The van der Waals surface area contributed by atoms with Gasteiger partial charge in [0.05, 0.1) is 25.3 Å². The molecule has 1 saturated heterocycles. The number of ether oxygens (including phenoxy) is 1. The number of hydrogen-bond donors (Lipinski definition) is 2. The van der Waals surface area contributed by atoms with Crippen LogP contribution >= 0.6 is 11.6 Å². The molecule has 0 bridgehead atoms. The SMILES string of the molecule is COc1ccc2nccc(C(O)CC[C@@H]3CCN(CC#Cc4cc(F)cc(Cl)c4)C[C@@H]3CCC(=O)O)c2c1. The summed E-state index contributed by atoms with van der Waals surface area (Å²) in [6.45, 7) is 2.08. The number of aromatic nitrogens is 1. The lowest BCUT2D eigenvalue weighted by molar-refractivity contribution is -0.137. The molecule has 200 valence electrons. The summed E-state index contributed by atoms with van der Waals surface area (Å²) in [6.07, 6.45) is 4.00. The Labute approximate surface area is 227 Å². The van der Waals surface area contributed by atoms with Gasteiger partial charge in [-0.15, -0.1) is 0 Å². The number of pyridine rings is 1. The molecule has 1 fully saturated rings. The van der Waals surface area contributed by atoms with Crippen LogP contribution in [0.15, 0.2) is 48.7 Å². The van der Waals surface area contributed by atoms with Gasteiger partial charge < -0.3 is 14.9 Å². The summed E-state index contributed by atoms with van der Waals surface area (Å²) < 4.78 is 18.9. The van der Waals surface area contributed by atoms with Crippen molar-refractivity contribution in [2.24, 2.45) is 11.8 Å². The Morgan fingerprint density at radius 2 is 2.08 bits per heavy atom. The Kier molecular flexibility index (Phi) is 9.57. The second-order valence-electron chi connectivity index (χ2n) is 9.81. The van der Waals surface area contributed by atoms with Crippen molar-refractivity contribution in [3.63, 3.8) is 0 Å². The largest absolute Gasteiger partial charge is 0.497 e. The molecule has 0 radical (unpaired) electrons. The van der Waals surface area contributed by atoms with Crippen molar-refractivity contribution in [2.75, 3.05) is 26.7 Å². The molecule has 3 atom stereocenters. The van der Waals surface area contributed by atoms with Crippen LogP contribution in [0.5, 0.6) is 5.75 Å². The van der Waals surface area contributed by atoms with Gasteiger partial charge in [0.2, 0.25) is 0 Å². The molecule has 0 spiro atoms. The van der Waals surface area contributed by atoms with Crippen LogP contribution in [0.2, 0.25) is 5.02 Å². The van der Waals surface area contributed by atoms with E-state index in [2.05, 4.69) is 21.7 Å². The van der Waals surface area contributed by atoms with Gasteiger partial charge in [0.1, 0.15) is 11.6 Å². The number of aliphatic carboxylic acids is 1. The first-order chi connectivity index (χ1) is 18.3. The summed E-state index contributed by atoms with van der Waals surface area (Å²) in [5.41, 5.74) is 2.15. The average molecular weight is 539 g/mol. The summed E-state index contributed by atoms with van der Waals surface area (Å²) in [4.78, 5) is 17.9. The Hall–Kier alpha value is -3.18. The van der Waals surface area contributed by atoms with Crippen molar-refractivity contribution in [3.8, 4) is 17.6 Å². The standard InChI is InChI=1S/C30H32ClFN2O4/c1-38-25-6-7-28-27(18-25)26(10-12-33-28)29(35)8-4-21-11-14-34(19-22(21)5-9-30(36)37)13-2-3-20-15-23(31)17-24(32)16-20/h6-7,10,12,15-18,21-22,29,35H,4-5,8-9,11,13-14,19H2,1H3,(H,36,37)/t21-,22+,29?/m1/s1. The molecular weight excluding hydrogens is 507 g/mol. The lowest BCUT2D eigenvalue weighted by atomic mass is 9.79. The Morgan fingerprint density at radius 3 is 2.84 bits per heavy atom. The van der Waals surface area contributed by atoms with Gasteiger partial charge in [-0.2, -0.15) is 0 Å². The molecule has 4 rings (SSSR count). The third-order valence-corrected chi connectivity index (χ3v) is 7.47. The number of carboxylic acid groups (broad SMARTS) is 1. The number of carboxylic acids is 1. The number of methoxy groups -OCH3 is 1. The zero-order valence-electron chi connectivity index (χ0n) is 21.4. The minimum atomic E-state index is -0.805. The van der Waals surface area contributed by atoms with Gasteiger partial charge in [-0.1, -0.05) is 23.4 Å². The normalized spacial score (nSPS) is 18.5. The zero-order chi connectivity index (χ0) is 27.1. The van der Waals surface area contributed by atoms with Gasteiger partial charge in [0.25, 0.3) is 0 Å². The minimum Gasteiger partial charge on any atom is -0.497 e. The Balaban J connectivity index is 1.40. The number of aliphatic hydroxyl groups excluding tert-OH is 1. The van der Waals surface area contributed by atoms with Crippen LogP contribution in [0.4, 0.5) is 4.39 Å². The molecule has 2 heterocycles. The highest BCUT2D eigenvalue weighted by atomic mass is 35.5. The van der Waals surface area contributed by atoms with Crippen LogP contribution in [-0.4, -0.2) is 52.8 Å². The maximum atomic E-state index is 13.6. The first kappa shape index (κ1) is 27.8. The fourth-order valence-electron chi connectivity index (χ4n) is 5.29. The van der Waals surface area contributed by atoms with E-state index in [1.165, 1.54) is 12.1 Å². The summed E-state index contributed by atoms with van der Waals surface area (Å²) >= 11 is 5.91. The fraction of sp³-hybridized carbons (Fsp3) is 0.400. The first-order valence-corrected chi connectivity index (χ1v) is 13.2. The van der Waals surface area contributed by atoms with E-state index in [-0.39, 0.29) is 12.3 Å². The van der Waals surface area contributed by atoms with Crippen LogP contribution in [-0.2, 0) is 4.79 Å². The van der Waals surface area contributed by atoms with Gasteiger partial charge in [0, 0.05) is 35.1 Å². The van der Waals surface area contributed by atoms with Crippen molar-refractivity contribution in [2.45, 2.75) is 38.2 Å². The van der Waals surface area contributed by atoms with Crippen molar-refractivity contribution in [1.82, 2.24) is 9.88 Å². The molecule has 1 aliphatic rings. The molecular formula is C30H32ClFN2O4.